The van der Waals surface area contributed by atoms with Crippen LogP contribution in [0.5, 0.6) is 5.75 Å². The van der Waals surface area contributed by atoms with E-state index < -0.39 is 79.0 Å². The number of primary amides is 1. The number of amides is 4. The summed E-state index contributed by atoms with van der Waals surface area (Å²) in [4.78, 5) is 71.8. The van der Waals surface area contributed by atoms with Gasteiger partial charge in [-0.15, -0.1) is 0 Å². The average molecular weight is 528 g/mol. The first-order chi connectivity index (χ1) is 16.8. The van der Waals surface area contributed by atoms with Gasteiger partial charge in [0.25, 0.3) is 0 Å². The van der Waals surface area contributed by atoms with E-state index in [-0.39, 0.29) is 17.9 Å². The second-order valence-corrected chi connectivity index (χ2v) is 8.15. The second kappa shape index (κ2) is 14.5. The number of phenols is 1. The number of benzene rings is 1. The highest BCUT2D eigenvalue weighted by atomic mass is 32.1. The van der Waals surface area contributed by atoms with Gasteiger partial charge in [0.15, 0.2) is 0 Å². The molecule has 4 unspecified atom stereocenters. The molecular weight excluding hydrogens is 498 g/mol. The van der Waals surface area contributed by atoms with Crippen molar-refractivity contribution in [3.8, 4) is 5.75 Å². The van der Waals surface area contributed by atoms with Crippen molar-refractivity contribution in [2.75, 3.05) is 5.75 Å². The third-order valence-corrected chi connectivity index (χ3v) is 5.24. The van der Waals surface area contributed by atoms with Crippen LogP contribution in [0.4, 0.5) is 0 Å². The van der Waals surface area contributed by atoms with E-state index in [4.69, 9.17) is 16.6 Å². The molecule has 1 aromatic carbocycles. The normalized spacial score (nSPS) is 13.9. The molecule has 4 atom stereocenters. The van der Waals surface area contributed by atoms with Crippen molar-refractivity contribution in [3.63, 3.8) is 0 Å². The SMILES string of the molecule is NC(=O)CC(NC(=O)C(N)CS)C(=O)NC(CCC(=O)O)C(=O)NC(Cc1ccc(O)cc1)C(=O)O. The Morgan fingerprint density at radius 1 is 0.861 bits per heavy atom. The summed E-state index contributed by atoms with van der Waals surface area (Å²) in [6.45, 7) is 0. The van der Waals surface area contributed by atoms with Crippen molar-refractivity contribution < 1.29 is 44.1 Å². The Labute approximate surface area is 211 Å². The maximum atomic E-state index is 12.8. The van der Waals surface area contributed by atoms with Gasteiger partial charge in [-0.25, -0.2) is 4.79 Å². The van der Waals surface area contributed by atoms with Gasteiger partial charge in [-0.3, -0.25) is 24.0 Å². The molecule has 0 heterocycles. The number of carbonyl (C=O) groups excluding carboxylic acids is 4. The summed E-state index contributed by atoms with van der Waals surface area (Å²) in [6.07, 6.45) is -1.82. The average Bonchev–Trinajstić information content (AvgIpc) is 2.80. The van der Waals surface area contributed by atoms with Gasteiger partial charge >= 0.3 is 11.9 Å². The van der Waals surface area contributed by atoms with Crippen molar-refractivity contribution in [2.24, 2.45) is 11.5 Å². The van der Waals surface area contributed by atoms with E-state index in [9.17, 15) is 39.0 Å². The number of carboxylic acid groups (broad SMARTS) is 2. The number of aliphatic carboxylic acids is 2. The van der Waals surface area contributed by atoms with Crippen LogP contribution in [0.2, 0.25) is 0 Å². The number of hydrogen-bond acceptors (Lipinski definition) is 9. The zero-order chi connectivity index (χ0) is 27.4. The topological polar surface area (TPSA) is 251 Å². The van der Waals surface area contributed by atoms with Crippen molar-refractivity contribution in [3.05, 3.63) is 29.8 Å². The molecule has 36 heavy (non-hydrogen) atoms. The second-order valence-electron chi connectivity index (χ2n) is 7.78. The van der Waals surface area contributed by atoms with Gasteiger partial charge in [-0.05, 0) is 24.1 Å². The molecule has 0 bridgehead atoms. The van der Waals surface area contributed by atoms with E-state index in [1.807, 2.05) is 0 Å². The van der Waals surface area contributed by atoms with Gasteiger partial charge in [0, 0.05) is 18.6 Å². The zero-order valence-electron chi connectivity index (χ0n) is 19.0. The van der Waals surface area contributed by atoms with Gasteiger partial charge in [0.1, 0.15) is 23.9 Å². The van der Waals surface area contributed by atoms with Crippen LogP contribution in [0.25, 0.3) is 0 Å². The van der Waals surface area contributed by atoms with Crippen LogP contribution in [-0.4, -0.2) is 80.8 Å². The first kappa shape index (κ1) is 30.2. The lowest BCUT2D eigenvalue weighted by Gasteiger charge is -2.24. The van der Waals surface area contributed by atoms with Crippen LogP contribution >= 0.6 is 12.6 Å². The van der Waals surface area contributed by atoms with Crippen molar-refractivity contribution in [2.45, 2.75) is 49.9 Å². The van der Waals surface area contributed by atoms with Gasteiger partial charge in [0.2, 0.25) is 23.6 Å². The number of phenolic OH excluding ortho intramolecular Hbond substituents is 1. The molecule has 0 saturated carbocycles. The third-order valence-electron chi connectivity index (χ3n) is 4.84. The van der Waals surface area contributed by atoms with E-state index in [1.54, 1.807) is 0 Å². The lowest BCUT2D eigenvalue weighted by Crippen LogP contribution is -2.58. The molecule has 0 radical (unpaired) electrons. The van der Waals surface area contributed by atoms with Crippen LogP contribution in [0, 0.1) is 0 Å². The van der Waals surface area contributed by atoms with E-state index in [2.05, 4.69) is 28.6 Å². The Kier molecular flexibility index (Phi) is 12.2. The quantitative estimate of drug-likeness (QED) is 0.108. The highest BCUT2D eigenvalue weighted by Gasteiger charge is 2.31. The number of hydrogen-bond donors (Lipinski definition) is 9. The smallest absolute Gasteiger partial charge is 0.326 e. The number of carbonyl (C=O) groups is 6. The zero-order valence-corrected chi connectivity index (χ0v) is 19.9. The fraction of sp³-hybridized carbons (Fsp3) is 0.429. The van der Waals surface area contributed by atoms with Gasteiger partial charge in [-0.2, -0.15) is 12.6 Å². The number of nitrogens with one attached hydrogen (secondary N) is 3. The van der Waals surface area contributed by atoms with Crippen LogP contribution in [0.3, 0.4) is 0 Å². The summed E-state index contributed by atoms with van der Waals surface area (Å²) in [5.41, 5.74) is 11.1. The number of carboxylic acids is 2. The molecule has 0 spiro atoms. The maximum absolute atomic E-state index is 12.8. The van der Waals surface area contributed by atoms with E-state index in [0.29, 0.717) is 5.56 Å². The molecule has 0 saturated heterocycles. The molecule has 0 fully saturated rings. The highest BCUT2D eigenvalue weighted by Crippen LogP contribution is 2.12. The minimum absolute atomic E-state index is 0.0426. The van der Waals surface area contributed by atoms with Crippen molar-refractivity contribution in [1.82, 2.24) is 16.0 Å². The molecule has 10 N–H and O–H groups in total. The fourth-order valence-electron chi connectivity index (χ4n) is 2.92. The molecule has 4 amide bonds. The predicted molar refractivity (Wildman–Crippen MR) is 128 cm³/mol. The van der Waals surface area contributed by atoms with E-state index >= 15 is 0 Å². The lowest BCUT2D eigenvalue weighted by molar-refractivity contribution is -0.143. The molecular formula is C21H29N5O9S. The molecule has 0 aliphatic carbocycles. The van der Waals surface area contributed by atoms with Gasteiger partial charge in [0.05, 0.1) is 12.5 Å². The molecule has 0 aliphatic heterocycles. The number of rotatable bonds is 15. The predicted octanol–water partition coefficient (Wildman–Crippen LogP) is -2.53. The summed E-state index contributed by atoms with van der Waals surface area (Å²) < 4.78 is 0. The number of nitrogens with two attached hydrogens (primary N) is 2. The standard InChI is InChI=1S/C21H29N5O9S/c22-12(9-36)18(31)25-14(8-16(23)28)20(33)24-13(5-6-17(29)30)19(32)26-15(21(34)35)7-10-1-3-11(27)4-2-10/h1-4,12-15,27,36H,5-9,22H2,(H2,23,28)(H,24,33)(H,25,31)(H,26,32)(H,29,30)(H,34,35). The Morgan fingerprint density at radius 2 is 1.39 bits per heavy atom. The lowest BCUT2D eigenvalue weighted by atomic mass is 10.0. The van der Waals surface area contributed by atoms with Gasteiger partial charge < -0.3 is 42.7 Å². The monoisotopic (exact) mass is 527 g/mol. The van der Waals surface area contributed by atoms with Crippen LogP contribution in [0.15, 0.2) is 24.3 Å². The van der Waals surface area contributed by atoms with E-state index in [0.717, 1.165) is 0 Å². The molecule has 1 rings (SSSR count). The minimum atomic E-state index is -1.53. The molecule has 0 aliphatic rings. The number of aromatic hydroxyl groups is 1. The highest BCUT2D eigenvalue weighted by molar-refractivity contribution is 7.80. The number of thiol groups is 1. The first-order valence-electron chi connectivity index (χ1n) is 10.6. The summed E-state index contributed by atoms with van der Waals surface area (Å²) in [6, 6.07) is -0.0621. The molecule has 15 heteroatoms. The van der Waals surface area contributed by atoms with Crippen molar-refractivity contribution >= 4 is 48.2 Å². The molecule has 198 valence electrons. The largest absolute Gasteiger partial charge is 0.508 e. The Bertz CT molecular complexity index is 973. The summed E-state index contributed by atoms with van der Waals surface area (Å²) in [7, 11) is 0. The Morgan fingerprint density at radius 3 is 1.89 bits per heavy atom. The third kappa shape index (κ3) is 10.6. The molecule has 0 aromatic heterocycles. The first-order valence-corrected chi connectivity index (χ1v) is 11.3. The summed E-state index contributed by atoms with van der Waals surface area (Å²) in [5.74, 6) is -6.63. The maximum Gasteiger partial charge on any atom is 0.326 e. The fourth-order valence-corrected chi connectivity index (χ4v) is 3.09. The van der Waals surface area contributed by atoms with Gasteiger partial charge in [-0.1, -0.05) is 12.1 Å². The Hall–Kier alpha value is -3.85. The minimum Gasteiger partial charge on any atom is -0.508 e. The molecule has 1 aromatic rings. The van der Waals surface area contributed by atoms with Crippen LogP contribution in [-0.2, 0) is 35.2 Å². The van der Waals surface area contributed by atoms with Crippen molar-refractivity contribution in [1.29, 1.82) is 0 Å². The summed E-state index contributed by atoms with van der Waals surface area (Å²) in [5, 5.41) is 34.6. The van der Waals surface area contributed by atoms with E-state index in [1.165, 1.54) is 24.3 Å². The summed E-state index contributed by atoms with van der Waals surface area (Å²) >= 11 is 3.87. The van der Waals surface area contributed by atoms with Crippen LogP contribution < -0.4 is 27.4 Å². The Balaban J connectivity index is 3.05. The molecule has 14 nitrogen and oxygen atoms in total. The van der Waals surface area contributed by atoms with Crippen LogP contribution in [0.1, 0.15) is 24.8 Å².